The third-order valence-electron chi connectivity index (χ3n) is 4.45. The van der Waals surface area contributed by atoms with E-state index in [9.17, 15) is 13.2 Å². The maximum absolute atomic E-state index is 12.7. The summed E-state index contributed by atoms with van der Waals surface area (Å²) in [6.45, 7) is 0.993. The van der Waals surface area contributed by atoms with Crippen LogP contribution < -0.4 is 5.32 Å². The van der Waals surface area contributed by atoms with E-state index in [0.29, 0.717) is 30.2 Å². The number of amides is 1. The van der Waals surface area contributed by atoms with E-state index in [4.69, 9.17) is 23.2 Å². The fourth-order valence-corrected chi connectivity index (χ4v) is 5.12. The second kappa shape index (κ2) is 8.61. The molecular formula is C19H20Cl2N2O3S. The molecule has 0 radical (unpaired) electrons. The molecule has 1 aliphatic rings. The van der Waals surface area contributed by atoms with Crippen LogP contribution in [0.2, 0.25) is 10.0 Å². The van der Waals surface area contributed by atoms with Crippen LogP contribution in [0.1, 0.15) is 24.8 Å². The first-order valence-electron chi connectivity index (χ1n) is 8.70. The van der Waals surface area contributed by atoms with E-state index in [1.165, 1.54) is 16.4 Å². The minimum atomic E-state index is -3.65. The summed E-state index contributed by atoms with van der Waals surface area (Å²) in [6, 6.07) is 11.8. The number of hydrogen-bond donors (Lipinski definition) is 1. The minimum absolute atomic E-state index is 0.0292. The molecule has 144 valence electrons. The largest absolute Gasteiger partial charge is 0.326 e. The average molecular weight is 427 g/mol. The Kier molecular flexibility index (Phi) is 6.42. The van der Waals surface area contributed by atoms with Crippen LogP contribution in [0.3, 0.4) is 0 Å². The molecule has 1 saturated heterocycles. The van der Waals surface area contributed by atoms with Crippen molar-refractivity contribution < 1.29 is 13.2 Å². The first-order valence-corrected chi connectivity index (χ1v) is 10.9. The molecule has 27 heavy (non-hydrogen) atoms. The highest BCUT2D eigenvalue weighted by Crippen LogP contribution is 2.29. The van der Waals surface area contributed by atoms with Gasteiger partial charge in [0.2, 0.25) is 15.9 Å². The van der Waals surface area contributed by atoms with Gasteiger partial charge in [0.15, 0.2) is 0 Å². The molecule has 0 unspecified atom stereocenters. The van der Waals surface area contributed by atoms with Crippen molar-refractivity contribution in [1.29, 1.82) is 0 Å². The third-order valence-corrected chi connectivity index (χ3v) is 7.08. The molecule has 2 aromatic carbocycles. The zero-order valence-corrected chi connectivity index (χ0v) is 16.9. The van der Waals surface area contributed by atoms with Crippen molar-refractivity contribution in [3.63, 3.8) is 0 Å². The Morgan fingerprint density at radius 2 is 1.70 bits per heavy atom. The van der Waals surface area contributed by atoms with E-state index in [1.807, 2.05) is 12.1 Å². The predicted molar refractivity (Wildman–Crippen MR) is 108 cm³/mol. The van der Waals surface area contributed by atoms with Gasteiger partial charge in [-0.15, -0.1) is 0 Å². The lowest BCUT2D eigenvalue weighted by atomic mass is 10.1. The van der Waals surface area contributed by atoms with Crippen molar-refractivity contribution in [3.05, 3.63) is 58.1 Å². The number of nitrogens with zero attached hydrogens (tertiary/aromatic N) is 1. The number of nitrogens with one attached hydrogen (secondary N) is 1. The van der Waals surface area contributed by atoms with Gasteiger partial charge in [-0.2, -0.15) is 4.31 Å². The number of anilines is 1. The van der Waals surface area contributed by atoms with Crippen molar-refractivity contribution >= 4 is 44.8 Å². The molecule has 5 nitrogen and oxygen atoms in total. The summed E-state index contributed by atoms with van der Waals surface area (Å²) in [7, 11) is -3.65. The third kappa shape index (κ3) is 5.02. The topological polar surface area (TPSA) is 66.5 Å². The van der Waals surface area contributed by atoms with Crippen LogP contribution in [-0.2, 0) is 21.2 Å². The lowest BCUT2D eigenvalue weighted by Gasteiger charge is -2.17. The van der Waals surface area contributed by atoms with Gasteiger partial charge in [0, 0.05) is 30.2 Å². The SMILES string of the molecule is O=C(CCc1ccc(Cl)cc1)Nc1ccc(Cl)c(S(=O)(=O)N2CCCC2)c1. The molecule has 0 atom stereocenters. The first kappa shape index (κ1) is 20.1. The fourth-order valence-electron chi connectivity index (χ4n) is 2.98. The lowest BCUT2D eigenvalue weighted by molar-refractivity contribution is -0.116. The number of carbonyl (C=O) groups excluding carboxylic acids is 1. The Bertz CT molecular complexity index is 924. The lowest BCUT2D eigenvalue weighted by Crippen LogP contribution is -2.28. The second-order valence-corrected chi connectivity index (χ2v) is 9.18. The van der Waals surface area contributed by atoms with Gasteiger partial charge in [0.1, 0.15) is 4.90 Å². The van der Waals surface area contributed by atoms with Crippen LogP contribution in [0.4, 0.5) is 5.69 Å². The van der Waals surface area contributed by atoms with Crippen molar-refractivity contribution in [1.82, 2.24) is 4.31 Å². The van der Waals surface area contributed by atoms with Crippen molar-refractivity contribution in [2.75, 3.05) is 18.4 Å². The normalized spacial score (nSPS) is 15.0. The van der Waals surface area contributed by atoms with Gasteiger partial charge in [-0.1, -0.05) is 35.3 Å². The average Bonchev–Trinajstić information content (AvgIpc) is 3.18. The number of rotatable bonds is 6. The maximum Gasteiger partial charge on any atom is 0.244 e. The molecule has 1 fully saturated rings. The Hall–Kier alpha value is -1.60. The summed E-state index contributed by atoms with van der Waals surface area (Å²) in [5, 5.41) is 3.55. The molecule has 0 spiro atoms. The van der Waals surface area contributed by atoms with Gasteiger partial charge < -0.3 is 5.32 Å². The Labute approximate surface area is 169 Å². The number of benzene rings is 2. The van der Waals surface area contributed by atoms with Crippen molar-refractivity contribution in [2.45, 2.75) is 30.6 Å². The van der Waals surface area contributed by atoms with Gasteiger partial charge in [-0.3, -0.25) is 4.79 Å². The standard InChI is InChI=1S/C19H20Cl2N2O3S/c20-15-6-3-14(4-7-15)5-10-19(24)22-16-8-9-17(21)18(13-16)27(25,26)23-11-1-2-12-23/h3-4,6-9,13H,1-2,5,10-12H2,(H,22,24). The summed E-state index contributed by atoms with van der Waals surface area (Å²) >= 11 is 12.0. The van der Waals surface area contributed by atoms with E-state index in [0.717, 1.165) is 18.4 Å². The van der Waals surface area contributed by atoms with Gasteiger partial charge in [0.05, 0.1) is 5.02 Å². The first-order chi connectivity index (χ1) is 12.9. The molecule has 0 bridgehead atoms. The van der Waals surface area contributed by atoms with E-state index in [1.54, 1.807) is 18.2 Å². The summed E-state index contributed by atoms with van der Waals surface area (Å²) < 4.78 is 26.9. The summed E-state index contributed by atoms with van der Waals surface area (Å²) in [5.74, 6) is -0.197. The molecule has 8 heteroatoms. The van der Waals surface area contributed by atoms with E-state index >= 15 is 0 Å². The van der Waals surface area contributed by atoms with E-state index < -0.39 is 10.0 Å². The Morgan fingerprint density at radius 1 is 1.04 bits per heavy atom. The molecule has 2 aromatic rings. The molecule has 1 heterocycles. The predicted octanol–water partition coefficient (Wildman–Crippen LogP) is 4.35. The van der Waals surface area contributed by atoms with Gasteiger partial charge in [0.25, 0.3) is 0 Å². The van der Waals surface area contributed by atoms with Gasteiger partial charge in [-0.05, 0) is 55.2 Å². The van der Waals surface area contributed by atoms with Crippen LogP contribution >= 0.6 is 23.2 Å². The number of sulfonamides is 1. The highest BCUT2D eigenvalue weighted by molar-refractivity contribution is 7.89. The molecule has 1 amide bonds. The van der Waals surface area contributed by atoms with E-state index in [-0.39, 0.29) is 22.2 Å². The smallest absolute Gasteiger partial charge is 0.244 e. The zero-order chi connectivity index (χ0) is 19.4. The molecule has 0 aromatic heterocycles. The van der Waals surface area contributed by atoms with Crippen LogP contribution in [0, 0.1) is 0 Å². The van der Waals surface area contributed by atoms with Crippen LogP contribution in [0.25, 0.3) is 0 Å². The fraction of sp³-hybridized carbons (Fsp3) is 0.316. The monoisotopic (exact) mass is 426 g/mol. The maximum atomic E-state index is 12.7. The van der Waals surface area contributed by atoms with Crippen molar-refractivity contribution in [2.24, 2.45) is 0 Å². The van der Waals surface area contributed by atoms with E-state index in [2.05, 4.69) is 5.32 Å². The summed E-state index contributed by atoms with van der Waals surface area (Å²) in [6.07, 6.45) is 2.53. The van der Waals surface area contributed by atoms with Crippen LogP contribution in [-0.4, -0.2) is 31.7 Å². The molecule has 3 rings (SSSR count). The Balaban J connectivity index is 1.68. The number of aryl methyl sites for hydroxylation is 1. The zero-order valence-electron chi connectivity index (χ0n) is 14.6. The number of hydrogen-bond acceptors (Lipinski definition) is 3. The van der Waals surface area contributed by atoms with Gasteiger partial charge in [-0.25, -0.2) is 8.42 Å². The summed E-state index contributed by atoms with van der Waals surface area (Å²) in [4.78, 5) is 12.3. The number of halogens is 2. The van der Waals surface area contributed by atoms with Crippen molar-refractivity contribution in [3.8, 4) is 0 Å². The van der Waals surface area contributed by atoms with Crippen LogP contribution in [0.15, 0.2) is 47.4 Å². The highest BCUT2D eigenvalue weighted by atomic mass is 35.5. The van der Waals surface area contributed by atoms with Gasteiger partial charge >= 0.3 is 0 Å². The quantitative estimate of drug-likeness (QED) is 0.746. The summed E-state index contributed by atoms with van der Waals surface area (Å²) in [5.41, 5.74) is 1.42. The molecule has 1 N–H and O–H groups in total. The molecule has 0 aliphatic carbocycles. The second-order valence-electron chi connectivity index (χ2n) is 6.43. The highest BCUT2D eigenvalue weighted by Gasteiger charge is 2.29. The molecule has 1 aliphatic heterocycles. The number of carbonyl (C=O) groups is 1. The molecular weight excluding hydrogens is 407 g/mol. The molecule has 0 saturated carbocycles. The Morgan fingerprint density at radius 3 is 2.37 bits per heavy atom. The van der Waals surface area contributed by atoms with Crippen LogP contribution in [0.5, 0.6) is 0 Å². The minimum Gasteiger partial charge on any atom is -0.326 e.